The molecule has 0 saturated carbocycles. The molecular weight excluding hydrogens is 276 g/mol. The molecule has 0 N–H and O–H groups in total. The Morgan fingerprint density at radius 1 is 1.30 bits per heavy atom. The maximum atomic E-state index is 12.2. The number of amidine groups is 1. The third kappa shape index (κ3) is 2.02. The van der Waals surface area contributed by atoms with Crippen molar-refractivity contribution in [3.8, 4) is 5.75 Å². The number of aliphatic imine (C=N–C) groups is 1. The van der Waals surface area contributed by atoms with Crippen molar-refractivity contribution in [2.75, 3.05) is 7.11 Å². The van der Waals surface area contributed by atoms with E-state index in [2.05, 4.69) is 4.99 Å². The zero-order valence-electron chi connectivity index (χ0n) is 11.0. The van der Waals surface area contributed by atoms with Gasteiger partial charge in [0.05, 0.1) is 12.4 Å². The largest absolute Gasteiger partial charge is 0.497 e. The van der Waals surface area contributed by atoms with Crippen molar-refractivity contribution in [1.29, 1.82) is 0 Å². The topological polar surface area (TPSA) is 59.0 Å². The fraction of sp³-hybridized carbons (Fsp3) is 0.214. The number of rotatable bonds is 2. The lowest BCUT2D eigenvalue weighted by Crippen LogP contribution is -2.33. The zero-order valence-corrected chi connectivity index (χ0v) is 11.8. The van der Waals surface area contributed by atoms with Crippen LogP contribution in [0.5, 0.6) is 5.75 Å². The van der Waals surface area contributed by atoms with Gasteiger partial charge in [0.25, 0.3) is 5.91 Å². The molecule has 1 aromatic carbocycles. The number of fused-ring (bicyclic) bond motifs is 1. The van der Waals surface area contributed by atoms with Crippen LogP contribution in [0.15, 0.2) is 35.0 Å². The monoisotopic (exact) mass is 288 g/mol. The van der Waals surface area contributed by atoms with Gasteiger partial charge in [-0.2, -0.15) is 0 Å². The number of imide groups is 1. The second-order valence-electron chi connectivity index (χ2n) is 4.44. The minimum Gasteiger partial charge on any atom is -0.497 e. The summed E-state index contributed by atoms with van der Waals surface area (Å²) in [4.78, 5) is 29.4. The number of thioether (sulfide) groups is 1. The molecule has 1 aromatic rings. The van der Waals surface area contributed by atoms with Gasteiger partial charge in [-0.25, -0.2) is 9.89 Å². The van der Waals surface area contributed by atoms with E-state index < -0.39 is 0 Å². The standard InChI is InChI=1S/C14H12N2O3S/c1-8-12(17)16-13(18)11(15-14(16)20-8)7-9-3-5-10(19-2)6-4-9/h3-8H,1-2H3. The molecule has 3 rings (SSSR count). The first kappa shape index (κ1) is 12.9. The third-order valence-corrected chi connectivity index (χ3v) is 4.14. The average Bonchev–Trinajstić information content (AvgIpc) is 2.89. The van der Waals surface area contributed by atoms with Gasteiger partial charge < -0.3 is 4.74 Å². The maximum Gasteiger partial charge on any atom is 0.285 e. The van der Waals surface area contributed by atoms with E-state index in [9.17, 15) is 9.59 Å². The Morgan fingerprint density at radius 2 is 2.00 bits per heavy atom. The van der Waals surface area contributed by atoms with E-state index in [1.807, 2.05) is 24.3 Å². The van der Waals surface area contributed by atoms with Gasteiger partial charge in [-0.05, 0) is 30.7 Å². The number of ether oxygens (including phenoxy) is 1. The highest BCUT2D eigenvalue weighted by molar-refractivity contribution is 8.15. The number of methoxy groups -OCH3 is 1. The Balaban J connectivity index is 1.90. The summed E-state index contributed by atoms with van der Waals surface area (Å²) in [5.74, 6) is 0.200. The van der Waals surface area contributed by atoms with Gasteiger partial charge in [0.2, 0.25) is 5.91 Å². The van der Waals surface area contributed by atoms with Gasteiger partial charge in [0, 0.05) is 0 Å². The normalized spacial score (nSPS) is 23.3. The number of carbonyl (C=O) groups excluding carboxylic acids is 2. The van der Waals surface area contributed by atoms with Crippen LogP contribution in [0.3, 0.4) is 0 Å². The average molecular weight is 288 g/mol. The van der Waals surface area contributed by atoms with Crippen molar-refractivity contribution < 1.29 is 14.3 Å². The van der Waals surface area contributed by atoms with E-state index in [0.29, 0.717) is 5.17 Å². The maximum absolute atomic E-state index is 12.2. The van der Waals surface area contributed by atoms with Crippen molar-refractivity contribution in [1.82, 2.24) is 4.90 Å². The van der Waals surface area contributed by atoms with Gasteiger partial charge in [0.1, 0.15) is 11.4 Å². The van der Waals surface area contributed by atoms with E-state index in [4.69, 9.17) is 4.74 Å². The van der Waals surface area contributed by atoms with Gasteiger partial charge in [-0.1, -0.05) is 23.9 Å². The number of benzene rings is 1. The lowest BCUT2D eigenvalue weighted by molar-refractivity contribution is -0.135. The van der Waals surface area contributed by atoms with Gasteiger partial charge in [-0.15, -0.1) is 0 Å². The van der Waals surface area contributed by atoms with Crippen LogP contribution in [0.2, 0.25) is 0 Å². The molecule has 2 aliphatic rings. The Bertz CT molecular complexity index is 649. The second-order valence-corrected chi connectivity index (χ2v) is 5.74. The van der Waals surface area contributed by atoms with E-state index in [0.717, 1.165) is 16.2 Å². The van der Waals surface area contributed by atoms with Gasteiger partial charge in [0.15, 0.2) is 5.17 Å². The summed E-state index contributed by atoms with van der Waals surface area (Å²) in [6.07, 6.45) is 1.67. The molecule has 20 heavy (non-hydrogen) atoms. The number of carbonyl (C=O) groups is 2. The highest BCUT2D eigenvalue weighted by atomic mass is 32.2. The number of hydrogen-bond acceptors (Lipinski definition) is 5. The molecule has 5 nitrogen and oxygen atoms in total. The van der Waals surface area contributed by atoms with Crippen molar-refractivity contribution in [3.63, 3.8) is 0 Å². The molecule has 1 fully saturated rings. The molecule has 2 aliphatic heterocycles. The van der Waals surface area contributed by atoms with Crippen LogP contribution in [0, 0.1) is 0 Å². The van der Waals surface area contributed by atoms with E-state index in [1.54, 1.807) is 20.1 Å². The smallest absolute Gasteiger partial charge is 0.285 e. The molecule has 2 heterocycles. The van der Waals surface area contributed by atoms with Crippen LogP contribution in [-0.2, 0) is 9.59 Å². The summed E-state index contributed by atoms with van der Waals surface area (Å²) in [7, 11) is 1.60. The van der Waals surface area contributed by atoms with Gasteiger partial charge in [-0.3, -0.25) is 9.59 Å². The van der Waals surface area contributed by atoms with E-state index in [1.165, 1.54) is 11.8 Å². The highest BCUT2D eigenvalue weighted by Crippen LogP contribution is 2.33. The second kappa shape index (κ2) is 4.79. The first-order chi connectivity index (χ1) is 9.60. The minimum absolute atomic E-state index is 0.197. The van der Waals surface area contributed by atoms with Crippen LogP contribution < -0.4 is 4.74 Å². The van der Waals surface area contributed by atoms with Crippen LogP contribution in [-0.4, -0.2) is 34.2 Å². The first-order valence-electron chi connectivity index (χ1n) is 6.09. The molecule has 0 aromatic heterocycles. The van der Waals surface area contributed by atoms with Crippen LogP contribution in [0.1, 0.15) is 12.5 Å². The predicted molar refractivity (Wildman–Crippen MR) is 77.3 cm³/mol. The summed E-state index contributed by atoms with van der Waals surface area (Å²) in [6, 6.07) is 7.28. The van der Waals surface area contributed by atoms with Crippen molar-refractivity contribution in [2.24, 2.45) is 4.99 Å². The first-order valence-corrected chi connectivity index (χ1v) is 6.97. The van der Waals surface area contributed by atoms with Crippen molar-refractivity contribution >= 4 is 34.8 Å². The summed E-state index contributed by atoms with van der Waals surface area (Å²) < 4.78 is 5.08. The van der Waals surface area contributed by atoms with E-state index in [-0.39, 0.29) is 22.8 Å². The Hall–Kier alpha value is -2.08. The molecule has 102 valence electrons. The summed E-state index contributed by atoms with van der Waals surface area (Å²) in [5, 5.41) is 0.243. The minimum atomic E-state index is -0.349. The number of amides is 2. The third-order valence-electron chi connectivity index (χ3n) is 3.10. The molecule has 0 bridgehead atoms. The predicted octanol–water partition coefficient (Wildman–Crippen LogP) is 1.90. The molecule has 1 unspecified atom stereocenters. The molecule has 0 spiro atoms. The SMILES string of the molecule is COc1ccc(C=C2N=C3SC(C)C(=O)N3C2=O)cc1. The fourth-order valence-electron chi connectivity index (χ4n) is 2.02. The molecule has 2 amide bonds. The zero-order chi connectivity index (χ0) is 14.3. The van der Waals surface area contributed by atoms with Crippen molar-refractivity contribution in [3.05, 3.63) is 35.5 Å². The molecule has 1 atom stereocenters. The van der Waals surface area contributed by atoms with Crippen LogP contribution in [0.25, 0.3) is 6.08 Å². The summed E-state index contributed by atoms with van der Waals surface area (Å²) >= 11 is 1.31. The van der Waals surface area contributed by atoms with Crippen molar-refractivity contribution in [2.45, 2.75) is 12.2 Å². The number of nitrogens with zero attached hydrogens (tertiary/aromatic N) is 2. The molecule has 0 aliphatic carbocycles. The summed E-state index contributed by atoms with van der Waals surface area (Å²) in [5.41, 5.74) is 1.13. The van der Waals surface area contributed by atoms with Crippen LogP contribution >= 0.6 is 11.8 Å². The molecule has 0 radical (unpaired) electrons. The molecule has 1 saturated heterocycles. The van der Waals surface area contributed by atoms with Gasteiger partial charge >= 0.3 is 0 Å². The number of hydrogen-bond donors (Lipinski definition) is 0. The quantitative estimate of drug-likeness (QED) is 0.616. The molecule has 6 heteroatoms. The fourth-order valence-corrected chi connectivity index (χ4v) is 2.97. The Labute approximate surface area is 120 Å². The summed E-state index contributed by atoms with van der Waals surface area (Å²) in [6.45, 7) is 1.77. The van der Waals surface area contributed by atoms with E-state index >= 15 is 0 Å². The Kier molecular flexibility index (Phi) is 3.10. The van der Waals surface area contributed by atoms with Crippen LogP contribution in [0.4, 0.5) is 0 Å². The Morgan fingerprint density at radius 3 is 2.60 bits per heavy atom. The highest BCUT2D eigenvalue weighted by Gasteiger charge is 2.44. The lowest BCUT2D eigenvalue weighted by Gasteiger charge is -2.06. The lowest BCUT2D eigenvalue weighted by atomic mass is 10.2. The molecular formula is C14H12N2O3S.